The van der Waals surface area contributed by atoms with Crippen LogP contribution in [0.1, 0.15) is 6.42 Å². The number of rotatable bonds is 9. The van der Waals surface area contributed by atoms with Gasteiger partial charge in [-0.3, -0.25) is 9.78 Å². The van der Waals surface area contributed by atoms with Gasteiger partial charge < -0.3 is 14.6 Å². The van der Waals surface area contributed by atoms with E-state index in [-0.39, 0.29) is 11.7 Å². The van der Waals surface area contributed by atoms with E-state index in [1.807, 2.05) is 16.7 Å². The molecule has 0 aliphatic rings. The van der Waals surface area contributed by atoms with Crippen LogP contribution >= 0.6 is 23.4 Å². The number of methoxy groups -OCH3 is 1. The quantitative estimate of drug-likeness (QED) is 0.421. The van der Waals surface area contributed by atoms with Crippen molar-refractivity contribution in [3.05, 3.63) is 53.8 Å². The van der Waals surface area contributed by atoms with Gasteiger partial charge >= 0.3 is 0 Å². The summed E-state index contributed by atoms with van der Waals surface area (Å²) < 4.78 is 7.15. The first-order valence-corrected chi connectivity index (χ1v) is 10.0. The third kappa shape index (κ3) is 5.54. The number of nitrogens with zero attached hydrogens (tertiary/aromatic N) is 4. The second-order valence-corrected chi connectivity index (χ2v) is 7.27. The van der Waals surface area contributed by atoms with Crippen LogP contribution in [0.5, 0.6) is 0 Å². The van der Waals surface area contributed by atoms with Crippen LogP contribution in [0.3, 0.4) is 0 Å². The van der Waals surface area contributed by atoms with Crippen molar-refractivity contribution in [3.8, 4) is 11.4 Å². The van der Waals surface area contributed by atoms with Gasteiger partial charge in [0.05, 0.1) is 5.75 Å². The molecular formula is C19H20ClN5O2S. The lowest BCUT2D eigenvalue weighted by Gasteiger charge is -2.10. The predicted octanol–water partition coefficient (Wildman–Crippen LogP) is 3.76. The van der Waals surface area contributed by atoms with Crippen molar-refractivity contribution >= 4 is 35.0 Å². The largest absolute Gasteiger partial charge is 0.385 e. The second kappa shape index (κ2) is 10.2. The smallest absolute Gasteiger partial charge is 0.234 e. The van der Waals surface area contributed by atoms with Gasteiger partial charge in [0.2, 0.25) is 5.91 Å². The zero-order valence-electron chi connectivity index (χ0n) is 15.3. The molecule has 3 rings (SSSR count). The van der Waals surface area contributed by atoms with Gasteiger partial charge in [-0.15, -0.1) is 10.2 Å². The summed E-state index contributed by atoms with van der Waals surface area (Å²) in [6, 6.07) is 10.8. The SMILES string of the molecule is COCCCn1c(SCC(=O)Nc2ccc(Cl)cc2)nnc1-c1cccnc1. The van der Waals surface area contributed by atoms with Crippen molar-refractivity contribution in [2.75, 3.05) is 24.8 Å². The van der Waals surface area contributed by atoms with Gasteiger partial charge in [-0.05, 0) is 42.8 Å². The summed E-state index contributed by atoms with van der Waals surface area (Å²) in [6.07, 6.45) is 4.27. The van der Waals surface area contributed by atoms with Crippen LogP contribution in [0.2, 0.25) is 5.02 Å². The minimum absolute atomic E-state index is 0.123. The number of ether oxygens (including phenoxy) is 1. The number of nitrogens with one attached hydrogen (secondary N) is 1. The van der Waals surface area contributed by atoms with Crippen molar-refractivity contribution in [1.82, 2.24) is 19.7 Å². The highest BCUT2D eigenvalue weighted by atomic mass is 35.5. The Hall–Kier alpha value is -2.42. The number of aromatic nitrogens is 4. The molecule has 1 aromatic carbocycles. The molecule has 0 bridgehead atoms. The fraction of sp³-hybridized carbons (Fsp3) is 0.263. The molecule has 2 aromatic heterocycles. The number of halogens is 1. The van der Waals surface area contributed by atoms with Gasteiger partial charge in [-0.2, -0.15) is 0 Å². The van der Waals surface area contributed by atoms with Crippen molar-refractivity contribution in [1.29, 1.82) is 0 Å². The highest BCUT2D eigenvalue weighted by Gasteiger charge is 2.15. The van der Waals surface area contributed by atoms with Crippen LogP contribution in [-0.2, 0) is 16.1 Å². The summed E-state index contributed by atoms with van der Waals surface area (Å²) in [4.78, 5) is 16.4. The highest BCUT2D eigenvalue weighted by Crippen LogP contribution is 2.24. The van der Waals surface area contributed by atoms with E-state index in [1.54, 1.807) is 43.8 Å². The third-order valence-corrected chi connectivity index (χ3v) is 5.05. The van der Waals surface area contributed by atoms with E-state index in [1.165, 1.54) is 11.8 Å². The Kier molecular flexibility index (Phi) is 7.41. The number of carbonyl (C=O) groups is 1. The number of thioether (sulfide) groups is 1. The Bertz CT molecular complexity index is 902. The van der Waals surface area contributed by atoms with Crippen LogP contribution in [0.25, 0.3) is 11.4 Å². The van der Waals surface area contributed by atoms with Crippen molar-refractivity contribution in [3.63, 3.8) is 0 Å². The standard InChI is InChI=1S/C19H20ClN5O2S/c1-27-11-3-10-25-18(14-4-2-9-21-12-14)23-24-19(25)28-13-17(26)22-16-7-5-15(20)6-8-16/h2,4-9,12H,3,10-11,13H2,1H3,(H,22,26). The monoisotopic (exact) mass is 417 g/mol. The third-order valence-electron chi connectivity index (χ3n) is 3.83. The van der Waals surface area contributed by atoms with E-state index in [0.29, 0.717) is 29.0 Å². The maximum absolute atomic E-state index is 12.3. The Morgan fingerprint density at radius 1 is 1.25 bits per heavy atom. The molecule has 0 saturated carbocycles. The minimum Gasteiger partial charge on any atom is -0.385 e. The maximum atomic E-state index is 12.3. The number of anilines is 1. The maximum Gasteiger partial charge on any atom is 0.234 e. The molecular weight excluding hydrogens is 398 g/mol. The van der Waals surface area contributed by atoms with Gasteiger partial charge in [0.25, 0.3) is 0 Å². The lowest BCUT2D eigenvalue weighted by atomic mass is 10.2. The van der Waals surface area contributed by atoms with Crippen LogP contribution in [-0.4, -0.2) is 45.1 Å². The summed E-state index contributed by atoms with van der Waals surface area (Å²) in [6.45, 7) is 1.32. The number of carbonyl (C=O) groups excluding carboxylic acids is 1. The second-order valence-electron chi connectivity index (χ2n) is 5.89. The summed E-state index contributed by atoms with van der Waals surface area (Å²) in [5, 5.41) is 12.7. The fourth-order valence-electron chi connectivity index (χ4n) is 2.53. The van der Waals surface area contributed by atoms with Crippen molar-refractivity contribution in [2.24, 2.45) is 0 Å². The highest BCUT2D eigenvalue weighted by molar-refractivity contribution is 7.99. The average molecular weight is 418 g/mol. The first-order chi connectivity index (χ1) is 13.7. The Balaban J connectivity index is 1.69. The molecule has 0 radical (unpaired) electrons. The molecule has 0 spiro atoms. The Morgan fingerprint density at radius 2 is 2.07 bits per heavy atom. The first-order valence-electron chi connectivity index (χ1n) is 8.68. The van der Waals surface area contributed by atoms with E-state index >= 15 is 0 Å². The number of hydrogen-bond donors (Lipinski definition) is 1. The van der Waals surface area contributed by atoms with Crippen LogP contribution in [0.15, 0.2) is 53.9 Å². The topological polar surface area (TPSA) is 81.9 Å². The lowest BCUT2D eigenvalue weighted by molar-refractivity contribution is -0.113. The first kappa shape index (κ1) is 20.3. The van der Waals surface area contributed by atoms with Gasteiger partial charge in [-0.25, -0.2) is 0 Å². The predicted molar refractivity (Wildman–Crippen MR) is 111 cm³/mol. The molecule has 2 heterocycles. The molecule has 9 heteroatoms. The molecule has 0 aliphatic heterocycles. The van der Waals surface area contributed by atoms with Gasteiger partial charge in [0, 0.05) is 48.9 Å². The fourth-order valence-corrected chi connectivity index (χ4v) is 3.42. The number of benzene rings is 1. The van der Waals surface area contributed by atoms with Crippen LogP contribution in [0.4, 0.5) is 5.69 Å². The van der Waals surface area contributed by atoms with Gasteiger partial charge in [0.15, 0.2) is 11.0 Å². The number of hydrogen-bond acceptors (Lipinski definition) is 6. The molecule has 7 nitrogen and oxygen atoms in total. The van der Waals surface area contributed by atoms with Crippen molar-refractivity contribution < 1.29 is 9.53 Å². The molecule has 0 aliphatic carbocycles. The zero-order valence-corrected chi connectivity index (χ0v) is 16.9. The normalized spacial score (nSPS) is 10.8. The van der Waals surface area contributed by atoms with E-state index in [0.717, 1.165) is 17.8 Å². The zero-order chi connectivity index (χ0) is 19.8. The van der Waals surface area contributed by atoms with Gasteiger partial charge in [0.1, 0.15) is 0 Å². The van der Waals surface area contributed by atoms with E-state index in [9.17, 15) is 4.79 Å². The number of pyridine rings is 1. The summed E-state index contributed by atoms with van der Waals surface area (Å²) in [7, 11) is 1.67. The molecule has 1 amide bonds. The molecule has 0 atom stereocenters. The Morgan fingerprint density at radius 3 is 2.79 bits per heavy atom. The number of amides is 1. The molecule has 1 N–H and O–H groups in total. The lowest BCUT2D eigenvalue weighted by Crippen LogP contribution is -2.14. The molecule has 0 saturated heterocycles. The van der Waals surface area contributed by atoms with E-state index in [2.05, 4.69) is 20.5 Å². The van der Waals surface area contributed by atoms with E-state index < -0.39 is 0 Å². The minimum atomic E-state index is -0.123. The van der Waals surface area contributed by atoms with Crippen LogP contribution in [0, 0.1) is 0 Å². The molecule has 0 fully saturated rings. The Labute approximate surface area is 172 Å². The summed E-state index contributed by atoms with van der Waals surface area (Å²) in [5.41, 5.74) is 1.58. The van der Waals surface area contributed by atoms with Crippen molar-refractivity contribution in [2.45, 2.75) is 18.1 Å². The molecule has 28 heavy (non-hydrogen) atoms. The van der Waals surface area contributed by atoms with E-state index in [4.69, 9.17) is 16.3 Å². The van der Waals surface area contributed by atoms with Gasteiger partial charge in [-0.1, -0.05) is 23.4 Å². The molecule has 146 valence electrons. The average Bonchev–Trinajstić information content (AvgIpc) is 3.12. The van der Waals surface area contributed by atoms with Crippen LogP contribution < -0.4 is 5.32 Å². The summed E-state index contributed by atoms with van der Waals surface area (Å²) in [5.74, 6) is 0.824. The summed E-state index contributed by atoms with van der Waals surface area (Å²) >= 11 is 7.20. The molecule has 0 unspecified atom stereocenters. The molecule has 3 aromatic rings.